The molecule has 1 atom stereocenters. The largest absolute Gasteiger partial charge is 0.444 e. The number of ether oxygens (including phenoxy) is 2. The first-order valence-corrected chi connectivity index (χ1v) is 9.60. The Balaban J connectivity index is 2.64. The van der Waals surface area contributed by atoms with Crippen molar-refractivity contribution >= 4 is 12.2 Å². The van der Waals surface area contributed by atoms with Gasteiger partial charge in [0, 0.05) is 13.1 Å². The van der Waals surface area contributed by atoms with Gasteiger partial charge in [-0.05, 0) is 71.6 Å². The highest BCUT2D eigenvalue weighted by molar-refractivity contribution is 5.68. The van der Waals surface area contributed by atoms with Gasteiger partial charge in [0.05, 0.1) is 0 Å². The molecular formula is C21H35N3O4. The third kappa shape index (κ3) is 10.2. The van der Waals surface area contributed by atoms with Gasteiger partial charge in [0.2, 0.25) is 0 Å². The molecule has 28 heavy (non-hydrogen) atoms. The molecule has 2 amide bonds. The lowest BCUT2D eigenvalue weighted by atomic mass is 9.95. The van der Waals surface area contributed by atoms with Crippen molar-refractivity contribution in [1.29, 1.82) is 0 Å². The van der Waals surface area contributed by atoms with Crippen LogP contribution in [-0.2, 0) is 22.4 Å². The minimum absolute atomic E-state index is 0.0511. The fourth-order valence-electron chi connectivity index (χ4n) is 2.50. The van der Waals surface area contributed by atoms with Gasteiger partial charge < -0.3 is 25.8 Å². The Bertz CT molecular complexity index is 648. The number of hydrogen-bond acceptors (Lipinski definition) is 5. The van der Waals surface area contributed by atoms with Crippen LogP contribution in [0.3, 0.4) is 0 Å². The van der Waals surface area contributed by atoms with Crippen molar-refractivity contribution in [3.8, 4) is 0 Å². The summed E-state index contributed by atoms with van der Waals surface area (Å²) in [6.45, 7) is 12.1. The molecule has 0 aromatic heterocycles. The first kappa shape index (κ1) is 23.8. The van der Waals surface area contributed by atoms with E-state index in [9.17, 15) is 9.59 Å². The smallest absolute Gasteiger partial charge is 0.407 e. The molecule has 1 aromatic carbocycles. The van der Waals surface area contributed by atoms with Crippen molar-refractivity contribution in [2.24, 2.45) is 11.7 Å². The Labute approximate surface area is 168 Å². The number of amides is 2. The highest BCUT2D eigenvalue weighted by atomic mass is 16.6. The second-order valence-corrected chi connectivity index (χ2v) is 8.81. The third-order valence-electron chi connectivity index (χ3n) is 3.72. The van der Waals surface area contributed by atoms with Crippen molar-refractivity contribution in [2.75, 3.05) is 13.1 Å². The summed E-state index contributed by atoms with van der Waals surface area (Å²) in [5, 5.41) is 5.56. The van der Waals surface area contributed by atoms with E-state index in [0.717, 1.165) is 11.1 Å². The number of nitrogens with one attached hydrogen (secondary N) is 2. The average Bonchev–Trinajstić information content (AvgIpc) is 2.54. The Morgan fingerprint density at radius 1 is 0.929 bits per heavy atom. The highest BCUT2D eigenvalue weighted by Gasteiger charge is 2.19. The SMILES string of the molecule is CC(C)(C)OC(=O)NCc1ccccc1CC(CN)CNC(=O)OC(C)(C)C. The molecule has 0 aliphatic rings. The van der Waals surface area contributed by atoms with Gasteiger partial charge in [0.25, 0.3) is 0 Å². The summed E-state index contributed by atoms with van der Waals surface area (Å²) in [5.74, 6) is 0.0511. The molecule has 1 aromatic rings. The molecule has 0 spiro atoms. The van der Waals surface area contributed by atoms with E-state index in [-0.39, 0.29) is 5.92 Å². The summed E-state index contributed by atoms with van der Waals surface area (Å²) in [5.41, 5.74) is 6.87. The molecule has 0 radical (unpaired) electrons. The quantitative estimate of drug-likeness (QED) is 0.659. The zero-order chi connectivity index (χ0) is 21.4. The summed E-state index contributed by atoms with van der Waals surface area (Å²) < 4.78 is 10.5. The minimum Gasteiger partial charge on any atom is -0.444 e. The van der Waals surface area contributed by atoms with Crippen LogP contribution in [0.2, 0.25) is 0 Å². The zero-order valence-electron chi connectivity index (χ0n) is 17.9. The molecule has 0 heterocycles. The highest BCUT2D eigenvalue weighted by Crippen LogP contribution is 2.15. The lowest BCUT2D eigenvalue weighted by Crippen LogP contribution is -2.37. The number of benzene rings is 1. The zero-order valence-corrected chi connectivity index (χ0v) is 17.9. The molecule has 0 fully saturated rings. The molecule has 4 N–H and O–H groups in total. The van der Waals surface area contributed by atoms with Crippen LogP contribution in [0.15, 0.2) is 24.3 Å². The molecule has 1 unspecified atom stereocenters. The lowest BCUT2D eigenvalue weighted by Gasteiger charge is -2.22. The van der Waals surface area contributed by atoms with Gasteiger partial charge in [-0.15, -0.1) is 0 Å². The second-order valence-electron chi connectivity index (χ2n) is 8.81. The molecule has 0 bridgehead atoms. The van der Waals surface area contributed by atoms with Crippen LogP contribution in [-0.4, -0.2) is 36.5 Å². The van der Waals surface area contributed by atoms with Crippen LogP contribution in [0.25, 0.3) is 0 Å². The second kappa shape index (κ2) is 10.3. The summed E-state index contributed by atoms with van der Waals surface area (Å²) in [6.07, 6.45) is -0.228. The Kier molecular flexibility index (Phi) is 8.75. The molecule has 0 saturated heterocycles. The monoisotopic (exact) mass is 393 g/mol. The van der Waals surface area contributed by atoms with Gasteiger partial charge in [0.1, 0.15) is 11.2 Å². The fourth-order valence-corrected chi connectivity index (χ4v) is 2.50. The average molecular weight is 394 g/mol. The summed E-state index contributed by atoms with van der Waals surface area (Å²) in [6, 6.07) is 7.83. The van der Waals surface area contributed by atoms with Crippen molar-refractivity contribution in [3.63, 3.8) is 0 Å². The van der Waals surface area contributed by atoms with Gasteiger partial charge in [0.15, 0.2) is 0 Å². The van der Waals surface area contributed by atoms with Crippen LogP contribution >= 0.6 is 0 Å². The molecule has 1 rings (SSSR count). The van der Waals surface area contributed by atoms with E-state index in [1.807, 2.05) is 65.8 Å². The van der Waals surface area contributed by atoms with E-state index in [1.54, 1.807) is 0 Å². The summed E-state index contributed by atoms with van der Waals surface area (Å²) >= 11 is 0. The van der Waals surface area contributed by atoms with E-state index >= 15 is 0 Å². The molecule has 158 valence electrons. The van der Waals surface area contributed by atoms with E-state index in [0.29, 0.717) is 26.1 Å². The number of alkyl carbamates (subject to hydrolysis) is 2. The minimum atomic E-state index is -0.540. The van der Waals surface area contributed by atoms with Crippen LogP contribution in [0, 0.1) is 5.92 Å². The van der Waals surface area contributed by atoms with Gasteiger partial charge >= 0.3 is 12.2 Å². The predicted molar refractivity (Wildman–Crippen MR) is 110 cm³/mol. The van der Waals surface area contributed by atoms with Crippen LogP contribution in [0.1, 0.15) is 52.7 Å². The van der Waals surface area contributed by atoms with E-state index in [4.69, 9.17) is 15.2 Å². The predicted octanol–water partition coefficient (Wildman–Crippen LogP) is 3.35. The summed E-state index contributed by atoms with van der Waals surface area (Å²) in [4.78, 5) is 23.8. The number of hydrogen-bond donors (Lipinski definition) is 3. The van der Waals surface area contributed by atoms with Crippen molar-refractivity contribution in [3.05, 3.63) is 35.4 Å². The molecule has 0 aliphatic carbocycles. The first-order valence-electron chi connectivity index (χ1n) is 9.60. The number of carbonyl (C=O) groups is 2. The molecule has 0 saturated carbocycles. The maximum Gasteiger partial charge on any atom is 0.407 e. The van der Waals surface area contributed by atoms with Gasteiger partial charge in [-0.2, -0.15) is 0 Å². The maximum absolute atomic E-state index is 11.9. The normalized spacial score (nSPS) is 12.8. The Morgan fingerprint density at radius 2 is 1.43 bits per heavy atom. The van der Waals surface area contributed by atoms with Gasteiger partial charge in [-0.1, -0.05) is 24.3 Å². The van der Waals surface area contributed by atoms with Crippen LogP contribution < -0.4 is 16.4 Å². The van der Waals surface area contributed by atoms with Crippen molar-refractivity contribution in [2.45, 2.75) is 65.7 Å². The fraction of sp³-hybridized carbons (Fsp3) is 0.619. The van der Waals surface area contributed by atoms with Crippen LogP contribution in [0.4, 0.5) is 9.59 Å². The summed E-state index contributed by atoms with van der Waals surface area (Å²) in [7, 11) is 0. The van der Waals surface area contributed by atoms with Gasteiger partial charge in [-0.3, -0.25) is 0 Å². The van der Waals surface area contributed by atoms with E-state index in [2.05, 4.69) is 10.6 Å². The standard InChI is InChI=1S/C21H35N3O4/c1-20(2,3)27-18(25)23-13-15(12-22)11-16-9-7-8-10-17(16)14-24-19(26)28-21(4,5)6/h7-10,15H,11-14,22H2,1-6H3,(H,23,25)(H,24,26). The van der Waals surface area contributed by atoms with E-state index in [1.165, 1.54) is 0 Å². The third-order valence-corrected chi connectivity index (χ3v) is 3.72. The molecular weight excluding hydrogens is 358 g/mol. The first-order chi connectivity index (χ1) is 12.9. The van der Waals surface area contributed by atoms with Crippen LogP contribution in [0.5, 0.6) is 0 Å². The Hall–Kier alpha value is -2.28. The molecule has 0 aliphatic heterocycles. The van der Waals surface area contributed by atoms with Crippen molar-refractivity contribution in [1.82, 2.24) is 10.6 Å². The molecule has 7 nitrogen and oxygen atoms in total. The topological polar surface area (TPSA) is 103 Å². The Morgan fingerprint density at radius 3 is 1.93 bits per heavy atom. The van der Waals surface area contributed by atoms with Gasteiger partial charge in [-0.25, -0.2) is 9.59 Å². The maximum atomic E-state index is 11.9. The van der Waals surface area contributed by atoms with E-state index < -0.39 is 23.4 Å². The molecule has 7 heteroatoms. The number of nitrogens with two attached hydrogens (primary N) is 1. The number of rotatable bonds is 7. The number of carbonyl (C=O) groups excluding carboxylic acids is 2. The van der Waals surface area contributed by atoms with Crippen molar-refractivity contribution < 1.29 is 19.1 Å². The lowest BCUT2D eigenvalue weighted by molar-refractivity contribution is 0.0509.